The van der Waals surface area contributed by atoms with Crippen LogP contribution in [0.5, 0.6) is 0 Å². The molecule has 4 heteroatoms. The van der Waals surface area contributed by atoms with Gasteiger partial charge in [-0.15, -0.1) is 0 Å². The summed E-state index contributed by atoms with van der Waals surface area (Å²) in [6, 6.07) is 9.01. The first kappa shape index (κ1) is 15.5. The van der Waals surface area contributed by atoms with Gasteiger partial charge in [0.05, 0.1) is 11.6 Å². The van der Waals surface area contributed by atoms with E-state index in [9.17, 15) is 4.79 Å². The fourth-order valence-corrected chi connectivity index (χ4v) is 2.85. The van der Waals surface area contributed by atoms with Crippen molar-refractivity contribution in [3.8, 4) is 6.07 Å². The predicted octanol–water partition coefficient (Wildman–Crippen LogP) is 3.01. The van der Waals surface area contributed by atoms with Gasteiger partial charge in [-0.05, 0) is 49.1 Å². The minimum atomic E-state index is 0.0306. The van der Waals surface area contributed by atoms with Crippen LogP contribution in [0.3, 0.4) is 0 Å². The lowest BCUT2D eigenvalue weighted by Gasteiger charge is -2.37. The summed E-state index contributed by atoms with van der Waals surface area (Å²) >= 11 is 0. The number of carbonyl (C=O) groups is 1. The summed E-state index contributed by atoms with van der Waals surface area (Å²) in [5, 5.41) is 11.6. The molecule has 0 unspecified atom stereocenters. The Kier molecular flexibility index (Phi) is 4.98. The van der Waals surface area contributed by atoms with E-state index in [2.05, 4.69) is 30.1 Å². The molecule has 1 fully saturated rings. The average molecular weight is 285 g/mol. The highest BCUT2D eigenvalue weighted by molar-refractivity contribution is 5.90. The average Bonchev–Trinajstić information content (AvgIpc) is 2.45. The second-order valence-corrected chi connectivity index (χ2v) is 6.53. The largest absolute Gasteiger partial charge is 0.326 e. The molecule has 1 aliphatic rings. The third-order valence-corrected chi connectivity index (χ3v) is 3.93. The van der Waals surface area contributed by atoms with Gasteiger partial charge in [0.25, 0.3) is 0 Å². The first-order valence-electron chi connectivity index (χ1n) is 7.51. The lowest BCUT2D eigenvalue weighted by atomic mass is 9.84. The maximum Gasteiger partial charge on any atom is 0.225 e. The molecule has 1 saturated heterocycles. The summed E-state index contributed by atoms with van der Waals surface area (Å²) < 4.78 is 0. The molecule has 1 aliphatic heterocycles. The number of anilines is 1. The Morgan fingerprint density at radius 1 is 1.38 bits per heavy atom. The van der Waals surface area contributed by atoms with Gasteiger partial charge < -0.3 is 10.2 Å². The lowest BCUT2D eigenvalue weighted by Crippen LogP contribution is -2.41. The van der Waals surface area contributed by atoms with E-state index in [4.69, 9.17) is 5.26 Å². The second kappa shape index (κ2) is 6.73. The number of rotatable bonds is 4. The van der Waals surface area contributed by atoms with Crippen molar-refractivity contribution < 1.29 is 4.79 Å². The Morgan fingerprint density at radius 3 is 2.71 bits per heavy atom. The number of nitriles is 1. The molecule has 0 aliphatic carbocycles. The van der Waals surface area contributed by atoms with Crippen LogP contribution in [-0.2, 0) is 4.79 Å². The highest BCUT2D eigenvalue weighted by atomic mass is 16.1. The second-order valence-electron chi connectivity index (χ2n) is 6.53. The lowest BCUT2D eigenvalue weighted by molar-refractivity contribution is -0.116. The number of carbonyl (C=O) groups excluding carboxylic acids is 1. The normalized spacial score (nSPS) is 18.0. The number of benzene rings is 1. The van der Waals surface area contributed by atoms with E-state index in [0.717, 1.165) is 25.3 Å². The maximum absolute atomic E-state index is 12.0. The van der Waals surface area contributed by atoms with Gasteiger partial charge in [-0.3, -0.25) is 4.79 Å². The van der Waals surface area contributed by atoms with Crippen LogP contribution in [0.4, 0.5) is 5.69 Å². The molecular weight excluding hydrogens is 262 g/mol. The van der Waals surface area contributed by atoms with Crippen LogP contribution >= 0.6 is 0 Å². The number of nitrogens with zero attached hydrogens (tertiary/aromatic N) is 2. The van der Waals surface area contributed by atoms with E-state index >= 15 is 0 Å². The van der Waals surface area contributed by atoms with Crippen molar-refractivity contribution in [1.29, 1.82) is 5.26 Å². The molecular formula is C17H23N3O. The molecule has 0 atom stereocenters. The van der Waals surface area contributed by atoms with Crippen molar-refractivity contribution in [3.63, 3.8) is 0 Å². The Balaban J connectivity index is 1.78. The van der Waals surface area contributed by atoms with Gasteiger partial charge >= 0.3 is 0 Å². The molecule has 1 heterocycles. The van der Waals surface area contributed by atoms with Gasteiger partial charge in [0, 0.05) is 25.2 Å². The molecule has 1 N–H and O–H groups in total. The van der Waals surface area contributed by atoms with Crippen LogP contribution in [0.2, 0.25) is 0 Å². The molecule has 112 valence electrons. The monoisotopic (exact) mass is 285 g/mol. The van der Waals surface area contributed by atoms with Crippen molar-refractivity contribution in [2.75, 3.05) is 25.0 Å². The van der Waals surface area contributed by atoms with Crippen LogP contribution < -0.4 is 5.32 Å². The quantitative estimate of drug-likeness (QED) is 0.925. The van der Waals surface area contributed by atoms with E-state index in [1.165, 1.54) is 12.8 Å². The summed E-state index contributed by atoms with van der Waals surface area (Å²) in [5.41, 5.74) is 1.71. The highest BCUT2D eigenvalue weighted by Crippen LogP contribution is 2.28. The molecule has 1 aromatic carbocycles. The predicted molar refractivity (Wildman–Crippen MR) is 83.9 cm³/mol. The van der Waals surface area contributed by atoms with Gasteiger partial charge in [0.2, 0.25) is 5.91 Å². The minimum Gasteiger partial charge on any atom is -0.326 e. The van der Waals surface area contributed by atoms with E-state index in [1.807, 2.05) is 0 Å². The number of likely N-dealkylation sites (tertiary alicyclic amines) is 1. The molecule has 1 aromatic rings. The molecule has 0 bridgehead atoms. The van der Waals surface area contributed by atoms with E-state index < -0.39 is 0 Å². The van der Waals surface area contributed by atoms with Crippen LogP contribution in [-0.4, -0.2) is 30.4 Å². The summed E-state index contributed by atoms with van der Waals surface area (Å²) in [4.78, 5) is 14.3. The van der Waals surface area contributed by atoms with E-state index in [-0.39, 0.29) is 5.91 Å². The zero-order valence-corrected chi connectivity index (χ0v) is 12.9. The Hall–Kier alpha value is -1.86. The number of hydrogen-bond acceptors (Lipinski definition) is 3. The summed E-state index contributed by atoms with van der Waals surface area (Å²) in [6.07, 6.45) is 2.99. The van der Waals surface area contributed by atoms with Crippen LogP contribution in [0.1, 0.15) is 38.7 Å². The van der Waals surface area contributed by atoms with Crippen LogP contribution in [0.15, 0.2) is 24.3 Å². The highest BCUT2D eigenvalue weighted by Gasteiger charge is 2.26. The summed E-state index contributed by atoms with van der Waals surface area (Å²) in [6.45, 7) is 7.54. The molecule has 1 amide bonds. The molecule has 0 aromatic heterocycles. The zero-order chi connectivity index (χ0) is 15.3. The minimum absolute atomic E-state index is 0.0306. The first-order valence-corrected chi connectivity index (χ1v) is 7.51. The molecule has 4 nitrogen and oxygen atoms in total. The van der Waals surface area contributed by atoms with Gasteiger partial charge in [0.1, 0.15) is 0 Å². The third kappa shape index (κ3) is 4.87. The molecule has 0 spiro atoms. The summed E-state index contributed by atoms with van der Waals surface area (Å²) in [5.74, 6) is 0.0306. The van der Waals surface area contributed by atoms with Crippen LogP contribution in [0.25, 0.3) is 0 Å². The van der Waals surface area contributed by atoms with Gasteiger partial charge in [-0.25, -0.2) is 0 Å². The SMILES string of the molecule is CC1(C)CCCN(CCC(=O)Nc2ccc(C#N)cc2)C1. The number of hydrogen-bond donors (Lipinski definition) is 1. The maximum atomic E-state index is 12.0. The van der Waals surface area contributed by atoms with Crippen molar-refractivity contribution in [2.45, 2.75) is 33.1 Å². The van der Waals surface area contributed by atoms with Crippen molar-refractivity contribution in [3.05, 3.63) is 29.8 Å². The van der Waals surface area contributed by atoms with Gasteiger partial charge in [-0.2, -0.15) is 5.26 Å². The van der Waals surface area contributed by atoms with E-state index in [1.54, 1.807) is 24.3 Å². The van der Waals surface area contributed by atoms with Crippen molar-refractivity contribution >= 4 is 11.6 Å². The van der Waals surface area contributed by atoms with Gasteiger partial charge in [0.15, 0.2) is 0 Å². The Morgan fingerprint density at radius 2 is 2.10 bits per heavy atom. The van der Waals surface area contributed by atoms with Crippen LogP contribution in [0, 0.1) is 16.7 Å². The number of piperidine rings is 1. The molecule has 0 radical (unpaired) electrons. The smallest absolute Gasteiger partial charge is 0.225 e. The Bertz CT molecular complexity index is 528. The third-order valence-electron chi connectivity index (χ3n) is 3.93. The zero-order valence-electron chi connectivity index (χ0n) is 12.9. The van der Waals surface area contributed by atoms with Crippen molar-refractivity contribution in [2.24, 2.45) is 5.41 Å². The fraction of sp³-hybridized carbons (Fsp3) is 0.529. The standard InChI is InChI=1S/C17H23N3O/c1-17(2)9-3-10-20(13-17)11-8-16(21)19-15-6-4-14(12-18)5-7-15/h4-7H,3,8-11,13H2,1-2H3,(H,19,21). The number of amides is 1. The Labute approximate surface area is 126 Å². The van der Waals surface area contributed by atoms with E-state index in [0.29, 0.717) is 17.4 Å². The molecule has 2 rings (SSSR count). The first-order chi connectivity index (χ1) is 9.98. The molecule has 0 saturated carbocycles. The topological polar surface area (TPSA) is 56.1 Å². The van der Waals surface area contributed by atoms with Gasteiger partial charge in [-0.1, -0.05) is 13.8 Å². The van der Waals surface area contributed by atoms with Crippen molar-refractivity contribution in [1.82, 2.24) is 4.90 Å². The summed E-state index contributed by atoms with van der Waals surface area (Å²) in [7, 11) is 0. The molecule has 21 heavy (non-hydrogen) atoms. The number of nitrogens with one attached hydrogen (secondary N) is 1. The fourth-order valence-electron chi connectivity index (χ4n) is 2.85.